The molecule has 1 aromatic carbocycles. The third kappa shape index (κ3) is 4.91. The highest BCUT2D eigenvalue weighted by Gasteiger charge is 1.85. The van der Waals surface area contributed by atoms with Crippen LogP contribution in [0.3, 0.4) is 0 Å². The molecular formula is C8H14NOP. The summed E-state index contributed by atoms with van der Waals surface area (Å²) in [4.78, 5) is 0. The van der Waals surface area contributed by atoms with Gasteiger partial charge in [0.25, 0.3) is 0 Å². The summed E-state index contributed by atoms with van der Waals surface area (Å²) in [5.41, 5.74) is 5.61. The molecule has 0 aliphatic rings. The fraction of sp³-hybridized carbons (Fsp3) is 0.250. The summed E-state index contributed by atoms with van der Waals surface area (Å²) in [6.45, 7) is 0.240. The quantitative estimate of drug-likeness (QED) is 0.651. The highest BCUT2D eigenvalue weighted by Crippen LogP contribution is 1.97. The van der Waals surface area contributed by atoms with Crippen molar-refractivity contribution in [2.24, 2.45) is 5.50 Å². The Hall–Kier alpha value is -0.430. The summed E-state index contributed by atoms with van der Waals surface area (Å²) in [5.74, 6) is 0. The van der Waals surface area contributed by atoms with Crippen LogP contribution in [0.25, 0.3) is 0 Å². The second-order valence-electron chi connectivity index (χ2n) is 1.96. The number of rotatable bonds is 2. The van der Waals surface area contributed by atoms with Gasteiger partial charge < -0.3 is 10.6 Å². The van der Waals surface area contributed by atoms with Crippen molar-refractivity contribution in [3.05, 3.63) is 35.9 Å². The first-order valence-electron chi connectivity index (χ1n) is 3.41. The molecule has 62 valence electrons. The average Bonchev–Trinajstić information content (AvgIpc) is 2.11. The molecule has 3 heteroatoms. The summed E-state index contributed by atoms with van der Waals surface area (Å²) in [7, 11) is 1.92. The van der Waals surface area contributed by atoms with E-state index in [0.717, 1.165) is 6.42 Å². The molecule has 0 aliphatic carbocycles. The molecule has 0 bridgehead atoms. The van der Waals surface area contributed by atoms with Gasteiger partial charge in [-0.15, -0.1) is 0 Å². The molecule has 1 aromatic rings. The summed E-state index contributed by atoms with van der Waals surface area (Å²) in [6.07, 6.45) is 0.765. The van der Waals surface area contributed by atoms with E-state index in [9.17, 15) is 0 Å². The Bertz CT molecular complexity index is 167. The van der Waals surface area contributed by atoms with E-state index in [0.29, 0.717) is 0 Å². The zero-order chi connectivity index (χ0) is 8.53. The molecular weight excluding hydrogens is 157 g/mol. The molecule has 0 heterocycles. The Morgan fingerprint density at radius 1 is 1.18 bits per heavy atom. The number of hydrogen-bond acceptors (Lipinski definition) is 2. The van der Waals surface area contributed by atoms with E-state index in [1.807, 2.05) is 39.7 Å². The number of aliphatic hydroxyl groups excluding tert-OH is 1. The highest BCUT2D eigenvalue weighted by molar-refractivity contribution is 7.13. The van der Waals surface area contributed by atoms with Gasteiger partial charge in [-0.05, 0) is 12.0 Å². The molecule has 1 unspecified atom stereocenters. The summed E-state index contributed by atoms with van der Waals surface area (Å²) < 4.78 is 0. The van der Waals surface area contributed by atoms with Crippen molar-refractivity contribution >= 4 is 9.39 Å². The van der Waals surface area contributed by atoms with Gasteiger partial charge in [-0.1, -0.05) is 39.7 Å². The van der Waals surface area contributed by atoms with E-state index in [-0.39, 0.29) is 6.61 Å². The molecule has 11 heavy (non-hydrogen) atoms. The van der Waals surface area contributed by atoms with Gasteiger partial charge in [0, 0.05) is 6.61 Å². The molecule has 0 aliphatic heterocycles. The second kappa shape index (κ2) is 7.67. The fourth-order valence-corrected chi connectivity index (χ4v) is 0.774. The topological polar surface area (TPSA) is 46.2 Å². The zero-order valence-electron chi connectivity index (χ0n) is 6.40. The lowest BCUT2D eigenvalue weighted by Crippen LogP contribution is -1.88. The van der Waals surface area contributed by atoms with Gasteiger partial charge in [-0.25, -0.2) is 0 Å². The van der Waals surface area contributed by atoms with Gasteiger partial charge in [0.2, 0.25) is 0 Å². The van der Waals surface area contributed by atoms with Crippen molar-refractivity contribution in [2.75, 3.05) is 6.61 Å². The highest BCUT2D eigenvalue weighted by atomic mass is 31.0. The van der Waals surface area contributed by atoms with Crippen molar-refractivity contribution in [1.29, 1.82) is 0 Å². The van der Waals surface area contributed by atoms with Crippen LogP contribution in [0.4, 0.5) is 0 Å². The van der Waals surface area contributed by atoms with Crippen molar-refractivity contribution in [3.8, 4) is 0 Å². The standard InChI is InChI=1S/C8H10O.H4NP/c9-7-6-8-4-2-1-3-5-8;1-2/h1-5,9H,6-7H2;1-2H2. The molecule has 0 spiro atoms. The normalized spacial score (nSPS) is 8.27. The Morgan fingerprint density at radius 3 is 2.18 bits per heavy atom. The van der Waals surface area contributed by atoms with Crippen molar-refractivity contribution in [1.82, 2.24) is 0 Å². The van der Waals surface area contributed by atoms with Gasteiger partial charge in [0.05, 0.1) is 0 Å². The minimum absolute atomic E-state index is 0.240. The predicted molar refractivity (Wildman–Crippen MR) is 51.1 cm³/mol. The van der Waals surface area contributed by atoms with Gasteiger partial charge in [0.1, 0.15) is 0 Å². The lowest BCUT2D eigenvalue weighted by molar-refractivity contribution is 0.299. The molecule has 3 N–H and O–H groups in total. The molecule has 0 fully saturated rings. The first-order chi connectivity index (χ1) is 5.43. The van der Waals surface area contributed by atoms with E-state index < -0.39 is 0 Å². The van der Waals surface area contributed by atoms with E-state index >= 15 is 0 Å². The van der Waals surface area contributed by atoms with E-state index in [1.165, 1.54) is 5.56 Å². The lowest BCUT2D eigenvalue weighted by atomic mass is 10.2. The van der Waals surface area contributed by atoms with Crippen LogP contribution in [0.15, 0.2) is 30.3 Å². The third-order valence-corrected chi connectivity index (χ3v) is 1.24. The number of benzene rings is 1. The van der Waals surface area contributed by atoms with Crippen LogP contribution in [0.1, 0.15) is 5.56 Å². The minimum atomic E-state index is 0.240. The average molecular weight is 171 g/mol. The third-order valence-electron chi connectivity index (χ3n) is 1.24. The number of nitrogens with two attached hydrogens (primary N) is 1. The first-order valence-corrected chi connectivity index (χ1v) is 4.08. The van der Waals surface area contributed by atoms with Crippen molar-refractivity contribution in [3.63, 3.8) is 0 Å². The SMILES string of the molecule is NP.OCCc1ccccc1. The Morgan fingerprint density at radius 2 is 1.73 bits per heavy atom. The van der Waals surface area contributed by atoms with Crippen LogP contribution in [0, 0.1) is 0 Å². The monoisotopic (exact) mass is 171 g/mol. The minimum Gasteiger partial charge on any atom is -0.396 e. The van der Waals surface area contributed by atoms with Crippen LogP contribution < -0.4 is 5.50 Å². The van der Waals surface area contributed by atoms with Crippen LogP contribution in [-0.2, 0) is 6.42 Å². The maximum atomic E-state index is 8.52. The smallest absolute Gasteiger partial charge is 0.0471 e. The van der Waals surface area contributed by atoms with Crippen LogP contribution >= 0.6 is 9.39 Å². The number of aliphatic hydroxyl groups is 1. The van der Waals surface area contributed by atoms with Crippen LogP contribution in [0.2, 0.25) is 0 Å². The Labute approximate surface area is 69.7 Å². The largest absolute Gasteiger partial charge is 0.396 e. The van der Waals surface area contributed by atoms with E-state index in [2.05, 4.69) is 5.50 Å². The Kier molecular flexibility index (Phi) is 7.37. The van der Waals surface area contributed by atoms with Crippen molar-refractivity contribution < 1.29 is 5.11 Å². The summed E-state index contributed by atoms with van der Waals surface area (Å²) in [6, 6.07) is 9.95. The lowest BCUT2D eigenvalue weighted by Gasteiger charge is -1.93. The van der Waals surface area contributed by atoms with Gasteiger partial charge in [-0.2, -0.15) is 0 Å². The van der Waals surface area contributed by atoms with Crippen LogP contribution in [-0.4, -0.2) is 11.7 Å². The van der Waals surface area contributed by atoms with Gasteiger partial charge in [-0.3, -0.25) is 0 Å². The van der Waals surface area contributed by atoms with Crippen LogP contribution in [0.5, 0.6) is 0 Å². The molecule has 1 atom stereocenters. The molecule has 0 saturated heterocycles. The zero-order valence-corrected chi connectivity index (χ0v) is 7.56. The van der Waals surface area contributed by atoms with E-state index in [1.54, 1.807) is 0 Å². The maximum Gasteiger partial charge on any atom is 0.0471 e. The molecule has 1 rings (SSSR count). The fourth-order valence-electron chi connectivity index (χ4n) is 0.774. The molecule has 0 saturated carbocycles. The maximum absolute atomic E-state index is 8.52. The first kappa shape index (κ1) is 10.6. The van der Waals surface area contributed by atoms with E-state index in [4.69, 9.17) is 5.11 Å². The molecule has 0 radical (unpaired) electrons. The number of hydrogen-bond donors (Lipinski definition) is 2. The molecule has 0 aromatic heterocycles. The Balaban J connectivity index is 0.000000461. The van der Waals surface area contributed by atoms with Gasteiger partial charge >= 0.3 is 0 Å². The molecule has 0 amide bonds. The molecule has 2 nitrogen and oxygen atoms in total. The summed E-state index contributed by atoms with van der Waals surface area (Å²) >= 11 is 0. The second-order valence-corrected chi connectivity index (χ2v) is 1.96. The predicted octanol–water partition coefficient (Wildman–Crippen LogP) is 0.957. The summed E-state index contributed by atoms with van der Waals surface area (Å²) in [5, 5.41) is 8.52. The van der Waals surface area contributed by atoms with Gasteiger partial charge in [0.15, 0.2) is 0 Å². The van der Waals surface area contributed by atoms with Crippen molar-refractivity contribution in [2.45, 2.75) is 6.42 Å².